The Morgan fingerprint density at radius 2 is 0.829 bits per heavy atom. The molecular weight excluding hydrogens is 929 g/mol. The molecule has 0 aromatic heterocycles. The van der Waals surface area contributed by atoms with E-state index in [0.29, 0.717) is 5.56 Å². The summed E-state index contributed by atoms with van der Waals surface area (Å²) in [4.78, 5) is 132. The van der Waals surface area contributed by atoms with Crippen molar-refractivity contribution in [1.82, 2.24) is 47.9 Å². The first-order valence-electron chi connectivity index (χ1n) is 23.5. The number of thiol groups is 1. The van der Waals surface area contributed by atoms with Crippen LogP contribution in [0.1, 0.15) is 101 Å². The molecule has 1 aromatic carbocycles. The summed E-state index contributed by atoms with van der Waals surface area (Å²) >= 11 is 4.26. The van der Waals surface area contributed by atoms with Gasteiger partial charge in [0.05, 0.1) is 6.10 Å². The summed E-state index contributed by atoms with van der Waals surface area (Å²) in [5.41, 5.74) is 6.38. The van der Waals surface area contributed by atoms with Gasteiger partial charge in [-0.25, -0.2) is 4.79 Å². The van der Waals surface area contributed by atoms with Crippen LogP contribution in [0, 0.1) is 23.7 Å². The second-order valence-electron chi connectivity index (χ2n) is 19.1. The third-order valence-corrected chi connectivity index (χ3v) is 11.3. The molecule has 0 unspecified atom stereocenters. The zero-order valence-corrected chi connectivity index (χ0v) is 43.3. The Labute approximate surface area is 416 Å². The van der Waals surface area contributed by atoms with Crippen LogP contribution in [0.5, 0.6) is 0 Å². The maximum absolute atomic E-state index is 14.1. The summed E-state index contributed by atoms with van der Waals surface area (Å²) in [6.45, 7) is 19.2. The van der Waals surface area contributed by atoms with Gasteiger partial charge in [0.1, 0.15) is 60.4 Å². The van der Waals surface area contributed by atoms with E-state index in [1.807, 2.05) is 27.7 Å². The Morgan fingerprint density at radius 1 is 0.471 bits per heavy atom. The first kappa shape index (κ1) is 62.2. The number of benzene rings is 1. The molecule has 22 nitrogen and oxygen atoms in total. The number of nitrogens with one attached hydrogen (secondary N) is 9. The highest BCUT2D eigenvalue weighted by Crippen LogP contribution is 2.12. The third kappa shape index (κ3) is 21.5. The Hall–Kier alpha value is -5.81. The number of nitrogens with two attached hydrogens (primary N) is 1. The van der Waals surface area contributed by atoms with E-state index in [0.717, 1.165) is 0 Å². The lowest BCUT2D eigenvalue weighted by molar-refractivity contribution is -0.143. The number of hydrogen-bond acceptors (Lipinski definition) is 13. The van der Waals surface area contributed by atoms with Crippen molar-refractivity contribution in [3.8, 4) is 0 Å². The minimum absolute atomic E-state index is 0.0529. The number of carboxylic acids is 1. The van der Waals surface area contributed by atoms with Gasteiger partial charge >= 0.3 is 5.97 Å². The number of aliphatic hydroxyl groups is 1. The number of carbonyl (C=O) groups excluding carboxylic acids is 9. The maximum atomic E-state index is 14.1. The van der Waals surface area contributed by atoms with Crippen LogP contribution >= 0.6 is 12.6 Å². The molecule has 0 fully saturated rings. The summed E-state index contributed by atoms with van der Waals surface area (Å²) in [6, 6.07) is -3.58. The molecule has 0 aliphatic heterocycles. The van der Waals surface area contributed by atoms with E-state index in [4.69, 9.17) is 5.73 Å². The van der Waals surface area contributed by atoms with Gasteiger partial charge in [-0.3, -0.25) is 43.2 Å². The van der Waals surface area contributed by atoms with Crippen LogP contribution in [0.4, 0.5) is 0 Å². The number of aliphatic carboxylic acids is 1. The summed E-state index contributed by atoms with van der Waals surface area (Å²) in [7, 11) is 0. The Balaban J connectivity index is 3.24. The number of carboxylic acid groups (broad SMARTS) is 1. The van der Waals surface area contributed by atoms with Crippen molar-refractivity contribution in [2.45, 2.75) is 169 Å². The lowest BCUT2D eigenvalue weighted by Gasteiger charge is -2.29. The molecule has 394 valence electrons. The first-order valence-corrected chi connectivity index (χ1v) is 24.2. The molecule has 0 aliphatic rings. The van der Waals surface area contributed by atoms with Crippen molar-refractivity contribution < 1.29 is 58.2 Å². The molecule has 1 aromatic rings. The number of amides is 9. The number of hydrogen-bond donors (Lipinski definition) is 13. The van der Waals surface area contributed by atoms with Gasteiger partial charge in [-0.15, -0.1) is 0 Å². The second kappa shape index (κ2) is 30.0. The van der Waals surface area contributed by atoms with Crippen molar-refractivity contribution in [2.24, 2.45) is 29.4 Å². The van der Waals surface area contributed by atoms with Gasteiger partial charge in [0, 0.05) is 12.2 Å². The smallest absolute Gasteiger partial charge is 0.326 e. The lowest BCUT2D eigenvalue weighted by Crippen LogP contribution is -2.61. The van der Waals surface area contributed by atoms with E-state index < -0.39 is 137 Å². The van der Waals surface area contributed by atoms with Crippen LogP contribution < -0.4 is 53.6 Å². The fourth-order valence-electron chi connectivity index (χ4n) is 6.72. The van der Waals surface area contributed by atoms with Crippen LogP contribution in [-0.2, 0) is 54.4 Å². The predicted octanol–water partition coefficient (Wildman–Crippen LogP) is -1.22. The molecule has 0 heterocycles. The molecule has 70 heavy (non-hydrogen) atoms. The fourth-order valence-corrected chi connectivity index (χ4v) is 6.98. The van der Waals surface area contributed by atoms with Crippen molar-refractivity contribution in [3.63, 3.8) is 0 Å². The zero-order chi connectivity index (χ0) is 53.7. The van der Waals surface area contributed by atoms with Crippen LogP contribution in [-0.4, -0.2) is 142 Å². The minimum Gasteiger partial charge on any atom is -0.480 e. The highest BCUT2D eigenvalue weighted by molar-refractivity contribution is 7.80. The Morgan fingerprint density at radius 3 is 1.24 bits per heavy atom. The number of aliphatic hydroxyl groups excluding tert-OH is 1. The standard InChI is InChI=1S/C47H78N10O12S/c1-22(2)18-31(53-45(66)35(48)29(12)58)41(62)51-27(10)39(60)55-34(21-70)44(65)52-33(20-30-16-14-13-15-17-30)43(64)56-36(24(5)6)46(67)54-32(19-23(3)4)42(63)50-26(9)38(59)49-28(11)40(61)57-37(25(7)8)47(68)69/h13-17,22-29,31-37,58,70H,18-21,48H2,1-12H3,(H,49,59)(H,50,63)(H,51,62)(H,52,65)(H,53,66)(H,54,67)(H,55,60)(H,56,64)(H,57,61)(H,68,69)/t26-,27-,28-,29+,31-,32-,33-,34-,35-,36-,37-/m0/s1. The molecule has 0 spiro atoms. The van der Waals surface area contributed by atoms with Crippen LogP contribution in [0.25, 0.3) is 0 Å². The second-order valence-corrected chi connectivity index (χ2v) is 19.5. The SMILES string of the molecule is CC(C)C[C@H](NC(=O)[C@@H](NC(=O)[C@H](Cc1ccccc1)NC(=O)[C@H](CS)NC(=O)[C@H](C)NC(=O)[C@H](CC(C)C)NC(=O)[C@@H](N)[C@@H](C)O)C(C)C)C(=O)N[C@@H](C)C(=O)N[C@@H](C)C(=O)N[C@H](C(=O)O)C(C)C. The average molecular weight is 1010 g/mol. The van der Waals surface area contributed by atoms with Crippen molar-refractivity contribution in [2.75, 3.05) is 5.75 Å². The Bertz CT molecular complexity index is 1950. The van der Waals surface area contributed by atoms with Crippen molar-refractivity contribution in [3.05, 3.63) is 35.9 Å². The van der Waals surface area contributed by atoms with E-state index in [1.165, 1.54) is 27.7 Å². The van der Waals surface area contributed by atoms with Crippen LogP contribution in [0.3, 0.4) is 0 Å². The van der Waals surface area contributed by atoms with Crippen LogP contribution in [0.2, 0.25) is 0 Å². The highest BCUT2D eigenvalue weighted by Gasteiger charge is 2.35. The molecule has 0 saturated heterocycles. The normalized spacial score (nSPS) is 16.1. The van der Waals surface area contributed by atoms with Gasteiger partial charge < -0.3 is 63.8 Å². The molecule has 0 saturated carbocycles. The predicted molar refractivity (Wildman–Crippen MR) is 264 cm³/mol. The van der Waals surface area contributed by atoms with Gasteiger partial charge in [0.25, 0.3) is 0 Å². The van der Waals surface area contributed by atoms with E-state index >= 15 is 0 Å². The molecule has 13 N–H and O–H groups in total. The maximum Gasteiger partial charge on any atom is 0.326 e. The van der Waals surface area contributed by atoms with Gasteiger partial charge in [-0.1, -0.05) is 85.7 Å². The fraction of sp³-hybridized carbons (Fsp3) is 0.660. The van der Waals surface area contributed by atoms with Gasteiger partial charge in [0.2, 0.25) is 53.2 Å². The molecular formula is C47H78N10O12S. The number of carbonyl (C=O) groups is 10. The third-order valence-electron chi connectivity index (χ3n) is 11.0. The quantitative estimate of drug-likeness (QED) is 0.0419. The number of rotatable bonds is 29. The van der Waals surface area contributed by atoms with Gasteiger partial charge in [-0.05, 0) is 69.8 Å². The largest absolute Gasteiger partial charge is 0.480 e. The molecule has 0 aliphatic carbocycles. The van der Waals surface area contributed by atoms with Crippen molar-refractivity contribution in [1.29, 1.82) is 0 Å². The first-order chi connectivity index (χ1) is 32.5. The summed E-state index contributed by atoms with van der Waals surface area (Å²) in [5.74, 6) is -9.51. The van der Waals surface area contributed by atoms with E-state index in [2.05, 4.69) is 60.5 Å². The van der Waals surface area contributed by atoms with E-state index in [-0.39, 0.29) is 36.9 Å². The van der Waals surface area contributed by atoms with Gasteiger partial charge in [0.15, 0.2) is 0 Å². The minimum atomic E-state index is -1.32. The molecule has 11 atom stereocenters. The van der Waals surface area contributed by atoms with E-state index in [9.17, 15) is 58.2 Å². The summed E-state index contributed by atoms with van der Waals surface area (Å²) < 4.78 is 0. The Kier molecular flexibility index (Phi) is 26.7. The van der Waals surface area contributed by atoms with Gasteiger partial charge in [-0.2, -0.15) is 12.6 Å². The lowest BCUT2D eigenvalue weighted by atomic mass is 9.98. The average Bonchev–Trinajstić information content (AvgIpc) is 3.26. The molecule has 23 heteroatoms. The topological polar surface area (TPSA) is 345 Å². The van der Waals surface area contributed by atoms with Crippen LogP contribution in [0.15, 0.2) is 30.3 Å². The zero-order valence-electron chi connectivity index (χ0n) is 42.4. The highest BCUT2D eigenvalue weighted by atomic mass is 32.1. The summed E-state index contributed by atoms with van der Waals surface area (Å²) in [5, 5.41) is 42.2. The van der Waals surface area contributed by atoms with Crippen molar-refractivity contribution >= 4 is 71.8 Å². The molecule has 1 rings (SSSR count). The molecule has 0 radical (unpaired) electrons. The summed E-state index contributed by atoms with van der Waals surface area (Å²) in [6.07, 6.45) is -0.940. The molecule has 0 bridgehead atoms. The monoisotopic (exact) mass is 1010 g/mol. The molecule has 9 amide bonds. The van der Waals surface area contributed by atoms with E-state index in [1.54, 1.807) is 58.0 Å².